The molecule has 0 atom stereocenters. The van der Waals surface area contributed by atoms with Crippen molar-refractivity contribution in [2.75, 3.05) is 19.8 Å². The van der Waals surface area contributed by atoms with E-state index < -0.39 is 5.97 Å². The number of rotatable bonds is 7. The monoisotopic (exact) mass is 410 g/mol. The van der Waals surface area contributed by atoms with E-state index in [1.54, 1.807) is 30.3 Å². The van der Waals surface area contributed by atoms with E-state index >= 15 is 0 Å². The topological polar surface area (TPSA) is 44.8 Å². The van der Waals surface area contributed by atoms with Gasteiger partial charge in [-0.05, 0) is 43.3 Å². The molecule has 0 aliphatic rings. The van der Waals surface area contributed by atoms with Gasteiger partial charge in [-0.25, -0.2) is 4.79 Å². The van der Waals surface area contributed by atoms with E-state index in [1.807, 2.05) is 19.1 Å². The maximum absolute atomic E-state index is 12.2. The first-order chi connectivity index (χ1) is 12.6. The van der Waals surface area contributed by atoms with E-state index in [4.69, 9.17) is 37.4 Å². The number of carbonyl (C=O) groups excluding carboxylic acids is 1. The fraction of sp³-hybridized carbons (Fsp3) is 0.211. The number of ether oxygens (including phenoxy) is 3. The van der Waals surface area contributed by atoms with Gasteiger partial charge >= 0.3 is 5.97 Å². The van der Waals surface area contributed by atoms with Gasteiger partial charge in [-0.2, -0.15) is 0 Å². The van der Waals surface area contributed by atoms with E-state index in [0.29, 0.717) is 27.3 Å². The van der Waals surface area contributed by atoms with Crippen LogP contribution in [0.15, 0.2) is 42.5 Å². The van der Waals surface area contributed by atoms with Crippen LogP contribution >= 0.6 is 34.5 Å². The summed E-state index contributed by atoms with van der Waals surface area (Å²) in [5, 5.41) is 1.77. The molecule has 136 valence electrons. The first kappa shape index (κ1) is 18.8. The van der Waals surface area contributed by atoms with E-state index in [0.717, 1.165) is 15.8 Å². The molecule has 0 aliphatic heterocycles. The summed E-state index contributed by atoms with van der Waals surface area (Å²) in [5.74, 6) is 0.993. The molecule has 0 N–H and O–H groups in total. The van der Waals surface area contributed by atoms with Crippen LogP contribution in [0, 0.1) is 0 Å². The minimum atomic E-state index is -0.470. The van der Waals surface area contributed by atoms with Crippen LogP contribution in [-0.2, 0) is 4.74 Å². The standard InChI is InChI=1S/C19H16Cl2O4S/c1-2-23-13-4-6-14(7-5-13)24-9-10-25-19(22)18-17(21)15-8-3-12(20)11-16(15)26-18/h3-8,11H,2,9-10H2,1H3. The Bertz CT molecular complexity index is 906. The molecular formula is C19H16Cl2O4S. The van der Waals surface area contributed by atoms with Crippen LogP contribution in [0.3, 0.4) is 0 Å². The maximum atomic E-state index is 12.2. The SMILES string of the molecule is CCOc1ccc(OCCOC(=O)c2sc3cc(Cl)ccc3c2Cl)cc1. The molecule has 3 rings (SSSR count). The summed E-state index contributed by atoms with van der Waals surface area (Å²) >= 11 is 13.5. The number of halogens is 2. The van der Waals surface area contributed by atoms with Crippen molar-refractivity contribution in [2.24, 2.45) is 0 Å². The van der Waals surface area contributed by atoms with Crippen molar-refractivity contribution in [1.82, 2.24) is 0 Å². The largest absolute Gasteiger partial charge is 0.494 e. The average molecular weight is 411 g/mol. The summed E-state index contributed by atoms with van der Waals surface area (Å²) in [5.41, 5.74) is 0. The van der Waals surface area contributed by atoms with E-state index in [-0.39, 0.29) is 13.2 Å². The Hall–Kier alpha value is -1.95. The third-order valence-electron chi connectivity index (χ3n) is 3.50. The van der Waals surface area contributed by atoms with Gasteiger partial charge in [0.05, 0.1) is 11.6 Å². The first-order valence-corrected chi connectivity index (χ1v) is 9.56. The molecule has 4 nitrogen and oxygen atoms in total. The molecule has 1 aromatic heterocycles. The number of hydrogen-bond acceptors (Lipinski definition) is 5. The minimum absolute atomic E-state index is 0.122. The Morgan fingerprint density at radius 3 is 2.38 bits per heavy atom. The third kappa shape index (κ3) is 4.41. The number of fused-ring (bicyclic) bond motifs is 1. The molecule has 0 unspecified atom stereocenters. The van der Waals surface area contributed by atoms with Crippen molar-refractivity contribution in [3.8, 4) is 11.5 Å². The fourth-order valence-corrected chi connectivity index (χ4v) is 4.01. The summed E-state index contributed by atoms with van der Waals surface area (Å²) in [6, 6.07) is 12.6. The zero-order chi connectivity index (χ0) is 18.5. The van der Waals surface area contributed by atoms with Gasteiger partial charge in [0.15, 0.2) is 0 Å². The van der Waals surface area contributed by atoms with E-state index in [1.165, 1.54) is 11.3 Å². The van der Waals surface area contributed by atoms with E-state index in [2.05, 4.69) is 0 Å². The van der Waals surface area contributed by atoms with Crippen molar-refractivity contribution < 1.29 is 19.0 Å². The number of carbonyl (C=O) groups is 1. The van der Waals surface area contributed by atoms with Crippen molar-refractivity contribution in [1.29, 1.82) is 0 Å². The van der Waals surface area contributed by atoms with Crippen LogP contribution in [0.4, 0.5) is 0 Å². The van der Waals surface area contributed by atoms with Crippen molar-refractivity contribution in [2.45, 2.75) is 6.92 Å². The molecular weight excluding hydrogens is 395 g/mol. The minimum Gasteiger partial charge on any atom is -0.494 e. The molecule has 0 aliphatic carbocycles. The lowest BCUT2D eigenvalue weighted by molar-refractivity contribution is 0.0456. The van der Waals surface area contributed by atoms with Crippen LogP contribution in [0.1, 0.15) is 16.6 Å². The first-order valence-electron chi connectivity index (χ1n) is 7.99. The summed E-state index contributed by atoms with van der Waals surface area (Å²) in [6.07, 6.45) is 0. The predicted octanol–water partition coefficient (Wildman–Crippen LogP) is 5.84. The van der Waals surface area contributed by atoms with Gasteiger partial charge in [-0.1, -0.05) is 29.3 Å². The molecule has 26 heavy (non-hydrogen) atoms. The highest BCUT2D eigenvalue weighted by Crippen LogP contribution is 2.37. The molecule has 0 saturated carbocycles. The summed E-state index contributed by atoms with van der Waals surface area (Å²) in [6.45, 7) is 2.91. The molecule has 1 heterocycles. The normalized spacial score (nSPS) is 10.7. The summed E-state index contributed by atoms with van der Waals surface area (Å²) in [7, 11) is 0. The summed E-state index contributed by atoms with van der Waals surface area (Å²) in [4.78, 5) is 12.6. The Labute approximate surface area is 165 Å². The zero-order valence-corrected chi connectivity index (χ0v) is 16.3. The van der Waals surface area contributed by atoms with Gasteiger partial charge in [0.25, 0.3) is 0 Å². The second-order valence-electron chi connectivity index (χ2n) is 5.27. The van der Waals surface area contributed by atoms with Crippen LogP contribution < -0.4 is 9.47 Å². The lowest BCUT2D eigenvalue weighted by atomic mass is 10.2. The second kappa shape index (κ2) is 8.62. The van der Waals surface area contributed by atoms with Crippen LogP contribution in [-0.4, -0.2) is 25.8 Å². The molecule has 0 bridgehead atoms. The zero-order valence-electron chi connectivity index (χ0n) is 14.0. The molecule has 0 amide bonds. The van der Waals surface area contributed by atoms with E-state index in [9.17, 15) is 4.79 Å². The van der Waals surface area contributed by atoms with Crippen molar-refractivity contribution >= 4 is 50.6 Å². The van der Waals surface area contributed by atoms with Gasteiger partial charge in [0.2, 0.25) is 0 Å². The fourth-order valence-electron chi connectivity index (χ4n) is 2.33. The molecule has 2 aromatic carbocycles. The molecule has 0 fully saturated rings. The Kier molecular flexibility index (Phi) is 6.25. The molecule has 0 spiro atoms. The molecule has 7 heteroatoms. The molecule has 3 aromatic rings. The highest BCUT2D eigenvalue weighted by molar-refractivity contribution is 7.21. The van der Waals surface area contributed by atoms with Crippen molar-refractivity contribution in [3.63, 3.8) is 0 Å². The van der Waals surface area contributed by atoms with Gasteiger partial charge < -0.3 is 14.2 Å². The Balaban J connectivity index is 1.53. The van der Waals surface area contributed by atoms with Crippen LogP contribution in [0.25, 0.3) is 10.1 Å². The predicted molar refractivity (Wildman–Crippen MR) is 105 cm³/mol. The van der Waals surface area contributed by atoms with Gasteiger partial charge in [-0.15, -0.1) is 11.3 Å². The molecule has 0 saturated heterocycles. The summed E-state index contributed by atoms with van der Waals surface area (Å²) < 4.78 is 17.0. The quantitative estimate of drug-likeness (QED) is 0.362. The lowest BCUT2D eigenvalue weighted by Crippen LogP contribution is -2.11. The number of thiophene rings is 1. The third-order valence-corrected chi connectivity index (χ3v) is 5.37. The highest BCUT2D eigenvalue weighted by Gasteiger charge is 2.18. The Morgan fingerprint density at radius 2 is 1.69 bits per heavy atom. The number of benzene rings is 2. The average Bonchev–Trinajstić information content (AvgIpc) is 2.96. The maximum Gasteiger partial charge on any atom is 0.350 e. The molecule has 0 radical (unpaired) electrons. The lowest BCUT2D eigenvalue weighted by Gasteiger charge is -2.08. The van der Waals surface area contributed by atoms with Gasteiger partial charge in [0.1, 0.15) is 29.6 Å². The highest BCUT2D eigenvalue weighted by atomic mass is 35.5. The van der Waals surface area contributed by atoms with Crippen molar-refractivity contribution in [3.05, 3.63) is 57.4 Å². The van der Waals surface area contributed by atoms with Gasteiger partial charge in [0, 0.05) is 15.1 Å². The Morgan fingerprint density at radius 1 is 1.00 bits per heavy atom. The van der Waals surface area contributed by atoms with Gasteiger partial charge in [-0.3, -0.25) is 0 Å². The number of esters is 1. The van der Waals surface area contributed by atoms with Crippen LogP contribution in [0.2, 0.25) is 10.0 Å². The van der Waals surface area contributed by atoms with Crippen LogP contribution in [0.5, 0.6) is 11.5 Å². The smallest absolute Gasteiger partial charge is 0.350 e. The second-order valence-corrected chi connectivity index (χ2v) is 7.14. The number of hydrogen-bond donors (Lipinski definition) is 0.